The Bertz CT molecular complexity index is 1140. The summed E-state index contributed by atoms with van der Waals surface area (Å²) in [4.78, 5) is 33.1. The molecule has 3 heterocycles. The molecule has 0 unspecified atom stereocenters. The first-order chi connectivity index (χ1) is 15.6. The predicted octanol–water partition coefficient (Wildman–Crippen LogP) is 2.70. The number of pyridine rings is 1. The van der Waals surface area contributed by atoms with Crippen LogP contribution in [0, 0.1) is 5.82 Å². The van der Waals surface area contributed by atoms with Crippen LogP contribution in [0.1, 0.15) is 21.8 Å². The molecular formula is C25H22FN3O3. The van der Waals surface area contributed by atoms with Crippen molar-refractivity contribution in [2.75, 3.05) is 19.7 Å². The minimum absolute atomic E-state index is 0.0458. The number of carbonyl (C=O) groups is 2. The van der Waals surface area contributed by atoms with Gasteiger partial charge in [-0.15, -0.1) is 0 Å². The molecule has 1 aromatic heterocycles. The van der Waals surface area contributed by atoms with Gasteiger partial charge in [0.1, 0.15) is 12.4 Å². The lowest BCUT2D eigenvalue weighted by Crippen LogP contribution is -2.73. The first kappa shape index (κ1) is 20.3. The number of piperazine rings is 1. The number of rotatable bonds is 4. The summed E-state index contributed by atoms with van der Waals surface area (Å²) < 4.78 is 13.2. The molecule has 0 bridgehead atoms. The number of hydrogen-bond acceptors (Lipinski definition) is 4. The van der Waals surface area contributed by atoms with Crippen LogP contribution in [0.5, 0.6) is 0 Å². The molecule has 32 heavy (non-hydrogen) atoms. The molecule has 0 aliphatic carbocycles. The van der Waals surface area contributed by atoms with Gasteiger partial charge in [0.25, 0.3) is 5.91 Å². The maximum Gasteiger partial charge on any atom is 0.254 e. The number of hydrogen-bond donors (Lipinski definition) is 1. The number of amides is 2. The van der Waals surface area contributed by atoms with Crippen LogP contribution >= 0.6 is 0 Å². The second kappa shape index (κ2) is 8.16. The average molecular weight is 431 g/mol. The van der Waals surface area contributed by atoms with Crippen LogP contribution < -0.4 is 0 Å². The Kier molecular flexibility index (Phi) is 5.19. The van der Waals surface area contributed by atoms with E-state index >= 15 is 0 Å². The Morgan fingerprint density at radius 3 is 2.47 bits per heavy atom. The summed E-state index contributed by atoms with van der Waals surface area (Å²) in [6.45, 7) is 0.187. The predicted molar refractivity (Wildman–Crippen MR) is 116 cm³/mol. The van der Waals surface area contributed by atoms with Gasteiger partial charge >= 0.3 is 0 Å². The van der Waals surface area contributed by atoms with E-state index in [0.29, 0.717) is 12.1 Å². The van der Waals surface area contributed by atoms with Crippen molar-refractivity contribution < 1.29 is 19.1 Å². The Hall–Kier alpha value is -3.58. The quantitative estimate of drug-likeness (QED) is 0.690. The van der Waals surface area contributed by atoms with Crippen molar-refractivity contribution in [1.82, 2.24) is 14.8 Å². The molecule has 0 saturated carbocycles. The number of benzene rings is 2. The zero-order chi connectivity index (χ0) is 22.2. The monoisotopic (exact) mass is 431 g/mol. The van der Waals surface area contributed by atoms with E-state index in [1.54, 1.807) is 17.3 Å². The number of nitrogens with zero attached hydrogens (tertiary/aromatic N) is 3. The van der Waals surface area contributed by atoms with E-state index in [9.17, 15) is 19.1 Å². The fraction of sp³-hybridized carbons (Fsp3) is 0.240. The third-order valence-corrected chi connectivity index (χ3v) is 6.42. The molecule has 5 rings (SSSR count). The summed E-state index contributed by atoms with van der Waals surface area (Å²) in [6.07, 6.45) is 3.53. The minimum atomic E-state index is -0.415. The lowest BCUT2D eigenvalue weighted by atomic mass is 9.73. The van der Waals surface area contributed by atoms with Crippen molar-refractivity contribution in [2.24, 2.45) is 0 Å². The van der Waals surface area contributed by atoms with Crippen molar-refractivity contribution in [3.63, 3.8) is 0 Å². The topological polar surface area (TPSA) is 73.7 Å². The number of carbonyl (C=O) groups excluding carboxylic acids is 2. The zero-order valence-electron chi connectivity index (χ0n) is 17.3. The molecule has 2 fully saturated rings. The van der Waals surface area contributed by atoms with E-state index in [2.05, 4.69) is 4.98 Å². The van der Waals surface area contributed by atoms with Gasteiger partial charge in [0, 0.05) is 30.4 Å². The maximum absolute atomic E-state index is 13.2. The lowest BCUT2D eigenvalue weighted by Gasteiger charge is -2.58. The van der Waals surface area contributed by atoms with Crippen molar-refractivity contribution in [3.8, 4) is 11.1 Å². The van der Waals surface area contributed by atoms with Crippen LogP contribution in [-0.2, 0) is 4.79 Å². The average Bonchev–Trinajstić information content (AvgIpc) is 2.81. The van der Waals surface area contributed by atoms with Gasteiger partial charge in [0.05, 0.1) is 18.7 Å². The summed E-state index contributed by atoms with van der Waals surface area (Å²) >= 11 is 0. The third-order valence-electron chi connectivity index (χ3n) is 6.42. The molecular weight excluding hydrogens is 409 g/mol. The van der Waals surface area contributed by atoms with E-state index in [-0.39, 0.29) is 43.0 Å². The molecule has 0 spiro atoms. The number of aliphatic hydroxyl groups excluding tert-OH is 1. The van der Waals surface area contributed by atoms with Crippen molar-refractivity contribution in [1.29, 1.82) is 0 Å². The molecule has 2 aromatic carbocycles. The molecule has 2 saturated heterocycles. The fourth-order valence-corrected chi connectivity index (χ4v) is 4.86. The largest absolute Gasteiger partial charge is 0.394 e. The van der Waals surface area contributed by atoms with Gasteiger partial charge in [0.2, 0.25) is 5.91 Å². The van der Waals surface area contributed by atoms with Crippen molar-refractivity contribution in [2.45, 2.75) is 18.0 Å². The summed E-state index contributed by atoms with van der Waals surface area (Å²) in [5.74, 6) is -0.965. The molecule has 2 aliphatic heterocycles. The van der Waals surface area contributed by atoms with Gasteiger partial charge in [-0.25, -0.2) is 4.39 Å². The van der Waals surface area contributed by atoms with E-state index < -0.39 is 5.82 Å². The lowest BCUT2D eigenvalue weighted by molar-refractivity contribution is -0.159. The summed E-state index contributed by atoms with van der Waals surface area (Å²) in [7, 11) is 0. The molecule has 1 N–H and O–H groups in total. The van der Waals surface area contributed by atoms with Crippen LogP contribution in [0.4, 0.5) is 4.39 Å². The highest BCUT2D eigenvalue weighted by molar-refractivity contribution is 5.97. The molecule has 2 aliphatic rings. The summed E-state index contributed by atoms with van der Waals surface area (Å²) in [5.41, 5.74) is 3.41. The number of aliphatic hydroxyl groups is 1. The van der Waals surface area contributed by atoms with Crippen molar-refractivity contribution in [3.05, 3.63) is 90.0 Å². The van der Waals surface area contributed by atoms with E-state index in [1.807, 2.05) is 36.4 Å². The smallest absolute Gasteiger partial charge is 0.254 e. The zero-order valence-corrected chi connectivity index (χ0v) is 17.3. The first-order valence-electron chi connectivity index (χ1n) is 10.5. The van der Waals surface area contributed by atoms with Crippen LogP contribution in [0.25, 0.3) is 11.1 Å². The van der Waals surface area contributed by atoms with Crippen LogP contribution in [0.2, 0.25) is 0 Å². The van der Waals surface area contributed by atoms with Gasteiger partial charge in [-0.1, -0.05) is 30.3 Å². The van der Waals surface area contributed by atoms with E-state index in [1.165, 1.54) is 29.2 Å². The molecule has 0 radical (unpaired) electrons. The molecule has 6 nitrogen and oxygen atoms in total. The standard InChI is InChI=1S/C25H22FN3O3/c26-20-9-7-18(8-10-20)25(32)28-13-21-24(22(15-30)29(21)23(31)14-28)17-5-3-16(4-6-17)19-2-1-11-27-12-19/h1-12,21-22,24,30H,13-15H2/t21-,22+,24-/m1/s1. The Labute approximate surface area is 184 Å². The van der Waals surface area contributed by atoms with E-state index in [4.69, 9.17) is 0 Å². The number of fused-ring (bicyclic) bond motifs is 1. The minimum Gasteiger partial charge on any atom is -0.394 e. The van der Waals surface area contributed by atoms with Crippen LogP contribution in [0.15, 0.2) is 73.1 Å². The Morgan fingerprint density at radius 1 is 1.06 bits per heavy atom. The molecule has 3 atom stereocenters. The van der Waals surface area contributed by atoms with Crippen molar-refractivity contribution >= 4 is 11.8 Å². The van der Waals surface area contributed by atoms with Gasteiger partial charge < -0.3 is 14.9 Å². The molecule has 7 heteroatoms. The SMILES string of the molecule is O=C(c1ccc(F)cc1)N1CC(=O)N2[C@H](C1)[C@@H](c1ccc(-c3cccnc3)cc1)[C@@H]2CO. The highest BCUT2D eigenvalue weighted by atomic mass is 19.1. The first-order valence-corrected chi connectivity index (χ1v) is 10.5. The molecule has 3 aromatic rings. The maximum atomic E-state index is 13.2. The van der Waals surface area contributed by atoms with Gasteiger partial charge in [-0.2, -0.15) is 0 Å². The number of aromatic nitrogens is 1. The van der Waals surface area contributed by atoms with Crippen LogP contribution in [0.3, 0.4) is 0 Å². The third kappa shape index (κ3) is 3.44. The van der Waals surface area contributed by atoms with Gasteiger partial charge in [-0.05, 0) is 47.0 Å². The van der Waals surface area contributed by atoms with E-state index in [0.717, 1.165) is 16.7 Å². The highest BCUT2D eigenvalue weighted by Gasteiger charge is 2.54. The van der Waals surface area contributed by atoms with Crippen LogP contribution in [-0.4, -0.2) is 63.5 Å². The Morgan fingerprint density at radius 2 is 1.81 bits per heavy atom. The number of halogens is 1. The summed E-state index contributed by atoms with van der Waals surface area (Å²) in [5, 5.41) is 9.97. The normalized spacial score (nSPS) is 22.3. The Balaban J connectivity index is 1.38. The fourth-order valence-electron chi connectivity index (χ4n) is 4.86. The molecule has 162 valence electrons. The highest BCUT2D eigenvalue weighted by Crippen LogP contribution is 2.43. The van der Waals surface area contributed by atoms with Gasteiger partial charge in [-0.3, -0.25) is 14.6 Å². The second-order valence-electron chi connectivity index (χ2n) is 8.20. The second-order valence-corrected chi connectivity index (χ2v) is 8.20. The molecule has 2 amide bonds. The van der Waals surface area contributed by atoms with Gasteiger partial charge in [0.15, 0.2) is 0 Å². The summed E-state index contributed by atoms with van der Waals surface area (Å²) in [6, 6.07) is 16.7.